The lowest BCUT2D eigenvalue weighted by molar-refractivity contribution is -0.144. The Morgan fingerprint density at radius 2 is 1.94 bits per heavy atom. The standard InChI is InChI=1S/C19H36N6O6/c1-11(27)16-18(30)24-12(10-26)9-23-14(17(21)29)5-3-4-8-22-15(28)7-6-13(20)19(31)25(16)2/h11-14,16,23,26-27H,3-10,20H2,1-2H3,(H2,21,29)(H,22,28)(H,24,30)/t11?,12-,13+,14+,16+/m1/s1. The van der Waals surface area contributed by atoms with Crippen molar-refractivity contribution in [1.82, 2.24) is 20.9 Å². The topological polar surface area (TPSA) is 200 Å². The first-order valence-electron chi connectivity index (χ1n) is 10.5. The van der Waals surface area contributed by atoms with E-state index in [4.69, 9.17) is 11.5 Å². The summed E-state index contributed by atoms with van der Waals surface area (Å²) in [5.41, 5.74) is 11.3. The van der Waals surface area contributed by atoms with Crippen LogP contribution in [0.2, 0.25) is 0 Å². The third kappa shape index (κ3) is 8.77. The van der Waals surface area contributed by atoms with Gasteiger partial charge in [-0.3, -0.25) is 19.2 Å². The van der Waals surface area contributed by atoms with Crippen molar-refractivity contribution < 1.29 is 29.4 Å². The van der Waals surface area contributed by atoms with Crippen LogP contribution in [0.1, 0.15) is 39.0 Å². The molecule has 12 nitrogen and oxygen atoms in total. The summed E-state index contributed by atoms with van der Waals surface area (Å²) in [6.45, 7) is 1.39. The van der Waals surface area contributed by atoms with E-state index in [0.717, 1.165) is 4.90 Å². The lowest BCUT2D eigenvalue weighted by Gasteiger charge is -2.32. The van der Waals surface area contributed by atoms with Gasteiger partial charge in [0.15, 0.2) is 0 Å². The molecule has 0 radical (unpaired) electrons. The third-order valence-corrected chi connectivity index (χ3v) is 5.25. The van der Waals surface area contributed by atoms with E-state index in [1.54, 1.807) is 0 Å². The second kappa shape index (κ2) is 13.2. The monoisotopic (exact) mass is 444 g/mol. The van der Waals surface area contributed by atoms with Gasteiger partial charge in [-0.2, -0.15) is 0 Å². The summed E-state index contributed by atoms with van der Waals surface area (Å²) in [5.74, 6) is -2.11. The molecule has 1 rings (SSSR count). The van der Waals surface area contributed by atoms with Gasteiger partial charge < -0.3 is 42.5 Å². The number of carbonyl (C=O) groups excluding carboxylic acids is 4. The van der Waals surface area contributed by atoms with Gasteiger partial charge in [0.2, 0.25) is 23.6 Å². The Balaban J connectivity index is 3.03. The highest BCUT2D eigenvalue weighted by atomic mass is 16.3. The molecule has 0 saturated carbocycles. The van der Waals surface area contributed by atoms with Gasteiger partial charge in [0.05, 0.1) is 30.8 Å². The molecule has 0 aromatic heterocycles. The van der Waals surface area contributed by atoms with Crippen molar-refractivity contribution in [2.24, 2.45) is 11.5 Å². The Labute approximate surface area is 182 Å². The molecule has 0 spiro atoms. The molecule has 1 heterocycles. The fraction of sp³-hybridized carbons (Fsp3) is 0.789. The van der Waals surface area contributed by atoms with E-state index in [1.807, 2.05) is 0 Å². The van der Waals surface area contributed by atoms with Gasteiger partial charge in [0.25, 0.3) is 0 Å². The molecule has 0 aliphatic carbocycles. The molecule has 1 unspecified atom stereocenters. The molecule has 31 heavy (non-hydrogen) atoms. The van der Waals surface area contributed by atoms with Crippen LogP contribution in [0.5, 0.6) is 0 Å². The molecule has 0 aromatic rings. The summed E-state index contributed by atoms with van der Waals surface area (Å²) in [7, 11) is 1.34. The molecule has 1 fully saturated rings. The average molecular weight is 445 g/mol. The number of aliphatic hydroxyl groups is 2. The molecule has 4 amide bonds. The molecule has 9 N–H and O–H groups in total. The molecule has 12 heteroatoms. The van der Waals surface area contributed by atoms with E-state index in [0.29, 0.717) is 25.8 Å². The van der Waals surface area contributed by atoms with Crippen molar-refractivity contribution in [3.63, 3.8) is 0 Å². The number of rotatable bonds is 3. The highest BCUT2D eigenvalue weighted by molar-refractivity contribution is 5.90. The Morgan fingerprint density at radius 1 is 1.26 bits per heavy atom. The summed E-state index contributed by atoms with van der Waals surface area (Å²) in [4.78, 5) is 50.1. The van der Waals surface area contributed by atoms with Crippen molar-refractivity contribution in [1.29, 1.82) is 0 Å². The number of amides is 4. The zero-order valence-electron chi connectivity index (χ0n) is 18.2. The summed E-state index contributed by atoms with van der Waals surface area (Å²) >= 11 is 0. The highest BCUT2D eigenvalue weighted by Gasteiger charge is 2.34. The second-order valence-corrected chi connectivity index (χ2v) is 7.88. The van der Waals surface area contributed by atoms with Crippen LogP contribution in [0, 0.1) is 0 Å². The fourth-order valence-electron chi connectivity index (χ4n) is 3.39. The Bertz CT molecular complexity index is 631. The minimum atomic E-state index is -1.26. The minimum absolute atomic E-state index is 0.0321. The predicted octanol–water partition coefficient (Wildman–Crippen LogP) is -3.48. The Hall–Kier alpha value is -2.28. The lowest BCUT2D eigenvalue weighted by atomic mass is 10.1. The van der Waals surface area contributed by atoms with Crippen molar-refractivity contribution in [3.05, 3.63) is 0 Å². The molecule has 0 bridgehead atoms. The van der Waals surface area contributed by atoms with Gasteiger partial charge in [0.1, 0.15) is 6.04 Å². The number of nitrogens with one attached hydrogen (secondary N) is 3. The highest BCUT2D eigenvalue weighted by Crippen LogP contribution is 2.09. The second-order valence-electron chi connectivity index (χ2n) is 7.88. The quantitative estimate of drug-likeness (QED) is 0.232. The number of aliphatic hydroxyl groups excluding tert-OH is 2. The van der Waals surface area contributed by atoms with Gasteiger partial charge in [-0.15, -0.1) is 0 Å². The van der Waals surface area contributed by atoms with E-state index in [1.165, 1.54) is 14.0 Å². The number of primary amides is 1. The van der Waals surface area contributed by atoms with E-state index < -0.39 is 54.6 Å². The SMILES string of the molecule is CC(O)[C@H]1C(=O)N[C@@H](CO)CN[C@H](C(N)=O)CCCCNC(=O)CC[C@H](N)C(=O)N1C. The summed E-state index contributed by atoms with van der Waals surface area (Å²) in [6, 6.07) is -3.72. The molecule has 1 aliphatic heterocycles. The van der Waals surface area contributed by atoms with E-state index in [9.17, 15) is 29.4 Å². The van der Waals surface area contributed by atoms with Crippen LogP contribution in [-0.2, 0) is 19.2 Å². The van der Waals surface area contributed by atoms with Crippen molar-refractivity contribution in [2.75, 3.05) is 26.7 Å². The van der Waals surface area contributed by atoms with Crippen LogP contribution in [-0.4, -0.2) is 95.8 Å². The Morgan fingerprint density at radius 3 is 2.52 bits per heavy atom. The number of likely N-dealkylation sites (N-methyl/N-ethyl adjacent to an activating group) is 1. The zero-order valence-corrected chi connectivity index (χ0v) is 18.2. The van der Waals surface area contributed by atoms with Crippen molar-refractivity contribution in [3.8, 4) is 0 Å². The van der Waals surface area contributed by atoms with Gasteiger partial charge in [-0.1, -0.05) is 0 Å². The molecular weight excluding hydrogens is 408 g/mol. The van der Waals surface area contributed by atoms with E-state index in [2.05, 4.69) is 16.0 Å². The average Bonchev–Trinajstić information content (AvgIpc) is 2.70. The summed E-state index contributed by atoms with van der Waals surface area (Å²) in [5, 5.41) is 28.0. The maximum Gasteiger partial charge on any atom is 0.245 e. The van der Waals surface area contributed by atoms with Gasteiger partial charge in [-0.25, -0.2) is 0 Å². The largest absolute Gasteiger partial charge is 0.394 e. The van der Waals surface area contributed by atoms with Crippen LogP contribution in [0.3, 0.4) is 0 Å². The van der Waals surface area contributed by atoms with E-state index >= 15 is 0 Å². The van der Waals surface area contributed by atoms with Crippen LogP contribution in [0.15, 0.2) is 0 Å². The molecule has 178 valence electrons. The van der Waals surface area contributed by atoms with Gasteiger partial charge in [0, 0.05) is 26.6 Å². The molecule has 5 atom stereocenters. The molecule has 1 saturated heterocycles. The minimum Gasteiger partial charge on any atom is -0.394 e. The normalized spacial score (nSPS) is 29.3. The Kier molecular flexibility index (Phi) is 11.4. The zero-order chi connectivity index (χ0) is 23.6. The first-order valence-corrected chi connectivity index (χ1v) is 10.5. The van der Waals surface area contributed by atoms with Crippen LogP contribution in [0.25, 0.3) is 0 Å². The van der Waals surface area contributed by atoms with Gasteiger partial charge >= 0.3 is 0 Å². The van der Waals surface area contributed by atoms with Crippen molar-refractivity contribution >= 4 is 23.6 Å². The maximum atomic E-state index is 12.7. The lowest BCUT2D eigenvalue weighted by Crippen LogP contribution is -2.59. The van der Waals surface area contributed by atoms with Gasteiger partial charge in [-0.05, 0) is 32.6 Å². The number of nitrogens with two attached hydrogens (primary N) is 2. The summed E-state index contributed by atoms with van der Waals surface area (Å²) < 4.78 is 0. The summed E-state index contributed by atoms with van der Waals surface area (Å²) in [6.07, 6.45) is 0.557. The fourth-order valence-corrected chi connectivity index (χ4v) is 3.39. The van der Waals surface area contributed by atoms with Crippen molar-refractivity contribution in [2.45, 2.75) is 69.3 Å². The first kappa shape index (κ1) is 26.8. The molecular formula is C19H36N6O6. The molecule has 1 aliphatic rings. The number of hydrogen-bond acceptors (Lipinski definition) is 8. The van der Waals surface area contributed by atoms with Crippen LogP contribution < -0.4 is 27.4 Å². The third-order valence-electron chi connectivity index (χ3n) is 5.25. The number of carbonyl (C=O) groups is 4. The van der Waals surface area contributed by atoms with E-state index in [-0.39, 0.29) is 25.3 Å². The van der Waals surface area contributed by atoms with Crippen LogP contribution in [0.4, 0.5) is 0 Å². The smallest absolute Gasteiger partial charge is 0.245 e. The van der Waals surface area contributed by atoms with Crippen LogP contribution >= 0.6 is 0 Å². The molecule has 0 aromatic carbocycles. The number of hydrogen-bond donors (Lipinski definition) is 7. The number of nitrogens with zero attached hydrogens (tertiary/aromatic N) is 1. The maximum absolute atomic E-state index is 12.7. The first-order chi connectivity index (χ1) is 14.6. The predicted molar refractivity (Wildman–Crippen MR) is 112 cm³/mol.